The van der Waals surface area contributed by atoms with Gasteiger partial charge < -0.3 is 5.11 Å². The van der Waals surface area contributed by atoms with Gasteiger partial charge in [0.1, 0.15) is 11.6 Å². The molecule has 98 valence electrons. The van der Waals surface area contributed by atoms with Gasteiger partial charge in [-0.15, -0.1) is 0 Å². The van der Waals surface area contributed by atoms with Crippen LogP contribution in [0.15, 0.2) is 30.3 Å². The number of aryl methyl sites for hydroxylation is 2. The molecule has 1 N–H and O–H groups in total. The standard InChI is InChI=1S/C15H12F2O2/c1-8-4-3-5-10(14(8)17)11-7-13(16)9(2)6-12(11)15(18)19/h3-7H,1-2H3,(H,18,19). The molecule has 19 heavy (non-hydrogen) atoms. The second-order valence-electron chi connectivity index (χ2n) is 4.39. The molecular formula is C15H12F2O2. The number of carboxylic acids is 1. The smallest absolute Gasteiger partial charge is 0.336 e. The fourth-order valence-corrected chi connectivity index (χ4v) is 1.94. The summed E-state index contributed by atoms with van der Waals surface area (Å²) >= 11 is 0. The Morgan fingerprint density at radius 1 is 1.05 bits per heavy atom. The van der Waals surface area contributed by atoms with E-state index < -0.39 is 17.6 Å². The predicted molar refractivity (Wildman–Crippen MR) is 68.2 cm³/mol. The van der Waals surface area contributed by atoms with Gasteiger partial charge in [0.2, 0.25) is 0 Å². The van der Waals surface area contributed by atoms with Crippen molar-refractivity contribution in [2.24, 2.45) is 0 Å². The molecule has 0 aliphatic carbocycles. The quantitative estimate of drug-likeness (QED) is 0.889. The van der Waals surface area contributed by atoms with Crippen LogP contribution in [0.4, 0.5) is 8.78 Å². The van der Waals surface area contributed by atoms with Crippen LogP contribution in [0.25, 0.3) is 11.1 Å². The third-order valence-electron chi connectivity index (χ3n) is 3.01. The Bertz CT molecular complexity index is 663. The van der Waals surface area contributed by atoms with Crippen molar-refractivity contribution in [3.05, 3.63) is 58.7 Å². The summed E-state index contributed by atoms with van der Waals surface area (Å²) in [6, 6.07) is 6.91. The molecule has 0 amide bonds. The molecular weight excluding hydrogens is 250 g/mol. The molecule has 0 aromatic heterocycles. The zero-order valence-corrected chi connectivity index (χ0v) is 10.5. The predicted octanol–water partition coefficient (Wildman–Crippen LogP) is 3.95. The van der Waals surface area contributed by atoms with Gasteiger partial charge in [0.25, 0.3) is 0 Å². The van der Waals surface area contributed by atoms with Gasteiger partial charge >= 0.3 is 5.97 Å². The lowest BCUT2D eigenvalue weighted by Gasteiger charge is -2.10. The molecule has 0 spiro atoms. The van der Waals surface area contributed by atoms with Gasteiger partial charge in [0.05, 0.1) is 5.56 Å². The molecule has 0 heterocycles. The Morgan fingerprint density at radius 2 is 1.74 bits per heavy atom. The van der Waals surface area contributed by atoms with E-state index in [1.165, 1.54) is 19.1 Å². The minimum Gasteiger partial charge on any atom is -0.478 e. The molecule has 0 aliphatic heterocycles. The third-order valence-corrected chi connectivity index (χ3v) is 3.01. The Kier molecular flexibility index (Phi) is 3.34. The van der Waals surface area contributed by atoms with E-state index in [1.54, 1.807) is 19.1 Å². The molecule has 0 saturated heterocycles. The van der Waals surface area contributed by atoms with E-state index in [0.717, 1.165) is 6.07 Å². The van der Waals surface area contributed by atoms with Gasteiger partial charge in [0, 0.05) is 11.1 Å². The molecule has 2 aromatic rings. The number of aromatic carboxylic acids is 1. The van der Waals surface area contributed by atoms with E-state index in [-0.39, 0.29) is 22.3 Å². The fraction of sp³-hybridized carbons (Fsp3) is 0.133. The van der Waals surface area contributed by atoms with Gasteiger partial charge in [0.15, 0.2) is 0 Å². The van der Waals surface area contributed by atoms with Crippen LogP contribution in [0.1, 0.15) is 21.5 Å². The second kappa shape index (κ2) is 4.80. The third kappa shape index (κ3) is 2.34. The number of hydrogen-bond acceptors (Lipinski definition) is 1. The molecule has 2 rings (SSSR count). The van der Waals surface area contributed by atoms with E-state index in [2.05, 4.69) is 0 Å². The number of hydrogen-bond donors (Lipinski definition) is 1. The van der Waals surface area contributed by atoms with Gasteiger partial charge in [-0.3, -0.25) is 0 Å². The van der Waals surface area contributed by atoms with Crippen molar-refractivity contribution in [2.75, 3.05) is 0 Å². The maximum absolute atomic E-state index is 14.0. The normalized spacial score (nSPS) is 10.5. The first-order valence-corrected chi connectivity index (χ1v) is 5.70. The number of benzene rings is 2. The van der Waals surface area contributed by atoms with Crippen LogP contribution in [0.3, 0.4) is 0 Å². The number of halogens is 2. The fourth-order valence-electron chi connectivity index (χ4n) is 1.94. The Morgan fingerprint density at radius 3 is 2.37 bits per heavy atom. The first-order chi connectivity index (χ1) is 8.91. The van der Waals surface area contributed by atoms with E-state index in [0.29, 0.717) is 5.56 Å². The largest absolute Gasteiger partial charge is 0.478 e. The van der Waals surface area contributed by atoms with Gasteiger partial charge in [-0.25, -0.2) is 13.6 Å². The van der Waals surface area contributed by atoms with Crippen LogP contribution in [0, 0.1) is 25.5 Å². The van der Waals surface area contributed by atoms with E-state index in [9.17, 15) is 13.6 Å². The van der Waals surface area contributed by atoms with Gasteiger partial charge in [-0.2, -0.15) is 0 Å². The molecule has 4 heteroatoms. The molecule has 0 fully saturated rings. The summed E-state index contributed by atoms with van der Waals surface area (Å²) in [5, 5.41) is 9.16. The zero-order chi connectivity index (χ0) is 14.2. The van der Waals surface area contributed by atoms with Crippen LogP contribution in [-0.4, -0.2) is 11.1 Å². The lowest BCUT2D eigenvalue weighted by molar-refractivity contribution is 0.0697. The van der Waals surface area contributed by atoms with Crippen molar-refractivity contribution in [3.63, 3.8) is 0 Å². The first-order valence-electron chi connectivity index (χ1n) is 5.70. The summed E-state index contributed by atoms with van der Waals surface area (Å²) in [5.74, 6) is -2.30. The van der Waals surface area contributed by atoms with Crippen molar-refractivity contribution < 1.29 is 18.7 Å². The molecule has 0 radical (unpaired) electrons. The number of carbonyl (C=O) groups is 1. The average Bonchev–Trinajstić information content (AvgIpc) is 2.35. The number of carboxylic acid groups (broad SMARTS) is 1. The van der Waals surface area contributed by atoms with Crippen LogP contribution in [-0.2, 0) is 0 Å². The molecule has 2 nitrogen and oxygen atoms in total. The molecule has 0 unspecified atom stereocenters. The summed E-state index contributed by atoms with van der Waals surface area (Å²) in [5.41, 5.74) is 0.639. The zero-order valence-electron chi connectivity index (χ0n) is 10.5. The van der Waals surface area contributed by atoms with Crippen molar-refractivity contribution in [2.45, 2.75) is 13.8 Å². The van der Waals surface area contributed by atoms with Gasteiger partial charge in [-0.05, 0) is 37.1 Å². The van der Waals surface area contributed by atoms with E-state index in [4.69, 9.17) is 5.11 Å². The van der Waals surface area contributed by atoms with Crippen molar-refractivity contribution in [3.8, 4) is 11.1 Å². The summed E-state index contributed by atoms with van der Waals surface area (Å²) in [6.45, 7) is 3.04. The molecule has 0 atom stereocenters. The topological polar surface area (TPSA) is 37.3 Å². The molecule has 0 bridgehead atoms. The Labute approximate surface area is 109 Å². The lowest BCUT2D eigenvalue weighted by atomic mass is 9.96. The van der Waals surface area contributed by atoms with Crippen molar-refractivity contribution >= 4 is 5.97 Å². The van der Waals surface area contributed by atoms with Crippen LogP contribution < -0.4 is 0 Å². The highest BCUT2D eigenvalue weighted by Crippen LogP contribution is 2.30. The van der Waals surface area contributed by atoms with Crippen LogP contribution >= 0.6 is 0 Å². The number of rotatable bonds is 2. The first kappa shape index (κ1) is 13.2. The minimum absolute atomic E-state index is 0.0526. The van der Waals surface area contributed by atoms with Gasteiger partial charge in [-0.1, -0.05) is 18.2 Å². The minimum atomic E-state index is -1.21. The monoisotopic (exact) mass is 262 g/mol. The SMILES string of the molecule is Cc1cc(C(=O)O)c(-c2cccc(C)c2F)cc1F. The summed E-state index contributed by atoms with van der Waals surface area (Å²) in [4.78, 5) is 11.2. The van der Waals surface area contributed by atoms with Crippen LogP contribution in [0.5, 0.6) is 0 Å². The Hall–Kier alpha value is -2.23. The summed E-state index contributed by atoms with van der Waals surface area (Å²) in [7, 11) is 0. The van der Waals surface area contributed by atoms with Crippen molar-refractivity contribution in [1.29, 1.82) is 0 Å². The maximum atomic E-state index is 14.0. The van der Waals surface area contributed by atoms with E-state index in [1.807, 2.05) is 0 Å². The summed E-state index contributed by atoms with van der Waals surface area (Å²) < 4.78 is 27.7. The Balaban J connectivity index is 2.77. The average molecular weight is 262 g/mol. The highest BCUT2D eigenvalue weighted by atomic mass is 19.1. The second-order valence-corrected chi connectivity index (χ2v) is 4.39. The molecule has 0 saturated carbocycles. The summed E-state index contributed by atoms with van der Waals surface area (Å²) in [6.07, 6.45) is 0. The molecule has 2 aromatic carbocycles. The lowest BCUT2D eigenvalue weighted by Crippen LogP contribution is -2.03. The van der Waals surface area contributed by atoms with E-state index >= 15 is 0 Å². The van der Waals surface area contributed by atoms with Crippen molar-refractivity contribution in [1.82, 2.24) is 0 Å². The maximum Gasteiger partial charge on any atom is 0.336 e. The van der Waals surface area contributed by atoms with Crippen LogP contribution in [0.2, 0.25) is 0 Å². The highest BCUT2D eigenvalue weighted by Gasteiger charge is 2.18. The highest BCUT2D eigenvalue weighted by molar-refractivity contribution is 5.96. The molecule has 0 aliphatic rings.